The van der Waals surface area contributed by atoms with Crippen LogP contribution in [0.4, 0.5) is 5.69 Å². The number of nitrogens with two attached hydrogens (primary N) is 1. The van der Waals surface area contributed by atoms with Crippen molar-refractivity contribution >= 4 is 11.3 Å². The van der Waals surface area contributed by atoms with Crippen LogP contribution in [0.3, 0.4) is 0 Å². The predicted molar refractivity (Wildman–Crippen MR) is 104 cm³/mol. The average Bonchev–Trinajstić information content (AvgIpc) is 2.98. The summed E-state index contributed by atoms with van der Waals surface area (Å²) in [6, 6.07) is 12.9. The van der Waals surface area contributed by atoms with Crippen LogP contribution in [0.25, 0.3) is 16.9 Å². The first kappa shape index (κ1) is 16.2. The Balaban J connectivity index is 1.83. The Morgan fingerprint density at radius 2 is 1.96 bits per heavy atom. The maximum Gasteiger partial charge on any atom is 0.140 e. The summed E-state index contributed by atoms with van der Waals surface area (Å²) in [5.74, 6) is 0. The molecule has 1 aliphatic heterocycles. The van der Waals surface area contributed by atoms with E-state index in [1.54, 1.807) is 0 Å². The number of piperidine rings is 1. The summed E-state index contributed by atoms with van der Waals surface area (Å²) in [5.41, 5.74) is 12.4. The number of anilines is 1. The lowest BCUT2D eigenvalue weighted by molar-refractivity contribution is 0.151. The van der Waals surface area contributed by atoms with Crippen LogP contribution in [-0.2, 0) is 6.54 Å². The number of fused-ring (bicyclic) bond motifs is 1. The number of likely N-dealkylation sites (tertiary alicyclic amines) is 1. The summed E-state index contributed by atoms with van der Waals surface area (Å²) in [6.45, 7) is 6.58. The zero-order chi connectivity index (χ0) is 17.4. The number of rotatable bonds is 3. The molecule has 3 aromatic rings. The lowest BCUT2D eigenvalue weighted by atomic mass is 10.0. The molecule has 1 unspecified atom stereocenters. The molecule has 130 valence electrons. The van der Waals surface area contributed by atoms with Crippen molar-refractivity contribution in [3.8, 4) is 11.3 Å². The summed E-state index contributed by atoms with van der Waals surface area (Å²) in [6.07, 6.45) is 6.05. The second kappa shape index (κ2) is 6.52. The Labute approximate surface area is 149 Å². The van der Waals surface area contributed by atoms with Crippen molar-refractivity contribution in [3.05, 3.63) is 53.9 Å². The van der Waals surface area contributed by atoms with Gasteiger partial charge in [-0.05, 0) is 57.0 Å². The number of nitrogen functional groups attached to an aromatic ring is 1. The van der Waals surface area contributed by atoms with Crippen LogP contribution in [0.15, 0.2) is 42.6 Å². The van der Waals surface area contributed by atoms with Crippen LogP contribution in [0.1, 0.15) is 37.4 Å². The molecule has 3 heterocycles. The SMILES string of the molecule is Cc1cccn2c(CN3CCCCC3C)c(-c3ccc(N)cc3)nc12. The highest BCUT2D eigenvalue weighted by Gasteiger charge is 2.23. The number of imidazole rings is 1. The summed E-state index contributed by atoms with van der Waals surface area (Å²) in [4.78, 5) is 7.59. The maximum atomic E-state index is 5.88. The van der Waals surface area contributed by atoms with Gasteiger partial charge in [-0.3, -0.25) is 4.90 Å². The summed E-state index contributed by atoms with van der Waals surface area (Å²) in [5, 5.41) is 0. The minimum atomic E-state index is 0.628. The molecular formula is C21H26N4. The van der Waals surface area contributed by atoms with Gasteiger partial charge in [-0.1, -0.05) is 24.6 Å². The predicted octanol–water partition coefficient (Wildman–Crippen LogP) is 4.27. The Hall–Kier alpha value is -2.33. The minimum Gasteiger partial charge on any atom is -0.399 e. The van der Waals surface area contributed by atoms with Crippen molar-refractivity contribution in [1.82, 2.24) is 14.3 Å². The molecule has 0 spiro atoms. The highest BCUT2D eigenvalue weighted by Crippen LogP contribution is 2.29. The number of benzene rings is 1. The van der Waals surface area contributed by atoms with E-state index in [9.17, 15) is 0 Å². The molecule has 4 rings (SSSR count). The van der Waals surface area contributed by atoms with Crippen molar-refractivity contribution in [2.45, 2.75) is 45.7 Å². The van der Waals surface area contributed by atoms with Crippen LogP contribution in [0.5, 0.6) is 0 Å². The zero-order valence-electron chi connectivity index (χ0n) is 15.1. The maximum absolute atomic E-state index is 5.88. The summed E-state index contributed by atoms with van der Waals surface area (Å²) >= 11 is 0. The number of hydrogen-bond acceptors (Lipinski definition) is 3. The van der Waals surface area contributed by atoms with Gasteiger partial charge in [-0.2, -0.15) is 0 Å². The van der Waals surface area contributed by atoms with E-state index in [1.165, 1.54) is 37.1 Å². The number of pyridine rings is 1. The molecule has 1 aliphatic rings. The third kappa shape index (κ3) is 3.02. The fourth-order valence-corrected chi connectivity index (χ4v) is 3.86. The Kier molecular flexibility index (Phi) is 4.22. The standard InChI is InChI=1S/C21H26N4/c1-15-6-5-13-25-19(14-24-12-4-3-7-16(24)2)20(23-21(15)25)17-8-10-18(22)11-9-17/h5-6,8-11,13,16H,3-4,7,12,14,22H2,1-2H3. The van der Waals surface area contributed by atoms with Crippen molar-refractivity contribution in [2.75, 3.05) is 12.3 Å². The molecular weight excluding hydrogens is 308 g/mol. The minimum absolute atomic E-state index is 0.628. The number of aromatic nitrogens is 2. The largest absolute Gasteiger partial charge is 0.399 e. The highest BCUT2D eigenvalue weighted by molar-refractivity contribution is 5.69. The fourth-order valence-electron chi connectivity index (χ4n) is 3.86. The van der Waals surface area contributed by atoms with Crippen molar-refractivity contribution in [1.29, 1.82) is 0 Å². The van der Waals surface area contributed by atoms with Gasteiger partial charge in [0.25, 0.3) is 0 Å². The lowest BCUT2D eigenvalue weighted by Crippen LogP contribution is -2.37. The molecule has 25 heavy (non-hydrogen) atoms. The molecule has 4 nitrogen and oxygen atoms in total. The summed E-state index contributed by atoms with van der Waals surface area (Å²) < 4.78 is 2.27. The van der Waals surface area contributed by atoms with Gasteiger partial charge in [-0.25, -0.2) is 4.98 Å². The monoisotopic (exact) mass is 334 g/mol. The molecule has 4 heteroatoms. The number of hydrogen-bond donors (Lipinski definition) is 1. The summed E-state index contributed by atoms with van der Waals surface area (Å²) in [7, 11) is 0. The molecule has 2 N–H and O–H groups in total. The smallest absolute Gasteiger partial charge is 0.140 e. The van der Waals surface area contributed by atoms with E-state index in [0.717, 1.165) is 29.1 Å². The molecule has 1 aromatic carbocycles. The van der Waals surface area contributed by atoms with Crippen LogP contribution >= 0.6 is 0 Å². The highest BCUT2D eigenvalue weighted by atomic mass is 15.2. The van der Waals surface area contributed by atoms with Crippen molar-refractivity contribution in [2.24, 2.45) is 0 Å². The Bertz CT molecular complexity index is 879. The lowest BCUT2D eigenvalue weighted by Gasteiger charge is -2.33. The van der Waals surface area contributed by atoms with Gasteiger partial charge in [0.05, 0.1) is 11.4 Å². The second-order valence-electron chi connectivity index (χ2n) is 7.23. The third-order valence-electron chi connectivity index (χ3n) is 5.42. The molecule has 1 saturated heterocycles. The van der Waals surface area contributed by atoms with Crippen molar-refractivity contribution in [3.63, 3.8) is 0 Å². The van der Waals surface area contributed by atoms with E-state index >= 15 is 0 Å². The van der Waals surface area contributed by atoms with Crippen LogP contribution in [0, 0.1) is 6.92 Å². The normalized spacial score (nSPS) is 18.7. The van der Waals surface area contributed by atoms with E-state index in [1.807, 2.05) is 12.1 Å². The molecule has 0 aliphatic carbocycles. The van der Waals surface area contributed by atoms with E-state index in [2.05, 4.69) is 53.6 Å². The van der Waals surface area contributed by atoms with E-state index in [0.29, 0.717) is 6.04 Å². The number of nitrogens with zero attached hydrogens (tertiary/aromatic N) is 3. The first-order valence-electron chi connectivity index (χ1n) is 9.20. The molecule has 1 fully saturated rings. The quantitative estimate of drug-likeness (QED) is 0.728. The molecule has 0 saturated carbocycles. The van der Waals surface area contributed by atoms with Gasteiger partial charge in [0.2, 0.25) is 0 Å². The first-order valence-corrected chi connectivity index (χ1v) is 9.20. The van der Waals surface area contributed by atoms with E-state index < -0.39 is 0 Å². The van der Waals surface area contributed by atoms with E-state index in [4.69, 9.17) is 10.7 Å². The third-order valence-corrected chi connectivity index (χ3v) is 5.42. The Morgan fingerprint density at radius 3 is 2.72 bits per heavy atom. The fraction of sp³-hybridized carbons (Fsp3) is 0.381. The molecule has 0 amide bonds. The molecule has 0 bridgehead atoms. The van der Waals surface area contributed by atoms with Gasteiger partial charge in [0.1, 0.15) is 5.65 Å². The van der Waals surface area contributed by atoms with Crippen LogP contribution in [0.2, 0.25) is 0 Å². The topological polar surface area (TPSA) is 46.6 Å². The van der Waals surface area contributed by atoms with Gasteiger partial charge < -0.3 is 10.1 Å². The van der Waals surface area contributed by atoms with Gasteiger partial charge >= 0.3 is 0 Å². The number of aryl methyl sites for hydroxylation is 1. The van der Waals surface area contributed by atoms with Gasteiger partial charge in [0, 0.05) is 30.0 Å². The Morgan fingerprint density at radius 1 is 1.16 bits per heavy atom. The average molecular weight is 334 g/mol. The molecule has 2 aromatic heterocycles. The van der Waals surface area contributed by atoms with Crippen molar-refractivity contribution < 1.29 is 0 Å². The molecule has 1 atom stereocenters. The zero-order valence-corrected chi connectivity index (χ0v) is 15.1. The van der Waals surface area contributed by atoms with Crippen LogP contribution in [-0.4, -0.2) is 26.9 Å². The van der Waals surface area contributed by atoms with E-state index in [-0.39, 0.29) is 0 Å². The second-order valence-corrected chi connectivity index (χ2v) is 7.23. The molecule has 0 radical (unpaired) electrons. The van der Waals surface area contributed by atoms with Crippen LogP contribution < -0.4 is 5.73 Å². The first-order chi connectivity index (χ1) is 12.1. The van der Waals surface area contributed by atoms with Gasteiger partial charge in [0.15, 0.2) is 0 Å². The van der Waals surface area contributed by atoms with Gasteiger partial charge in [-0.15, -0.1) is 0 Å².